The van der Waals surface area contributed by atoms with Crippen molar-refractivity contribution >= 4 is 0 Å². The molecule has 1 aliphatic carbocycles. The molecule has 0 atom stereocenters. The first-order chi connectivity index (χ1) is 7.45. The fourth-order valence-electron chi connectivity index (χ4n) is 2.06. The van der Waals surface area contributed by atoms with Gasteiger partial charge in [-0.2, -0.15) is 0 Å². The van der Waals surface area contributed by atoms with Crippen molar-refractivity contribution in [3.05, 3.63) is 0 Å². The second kappa shape index (κ2) is 6.46. The van der Waals surface area contributed by atoms with Gasteiger partial charge in [0, 0.05) is 19.3 Å². The Labute approximate surface area is 93.0 Å². The van der Waals surface area contributed by atoms with E-state index in [0.717, 1.165) is 31.7 Å². The minimum Gasteiger partial charge on any atom is -0.381 e. The first-order valence-electron chi connectivity index (χ1n) is 6.47. The SMILES string of the molecule is C(CNCC1CCOCC1)CNC1CC1. The molecule has 1 saturated carbocycles. The maximum absolute atomic E-state index is 5.34. The average Bonchev–Trinajstić information content (AvgIpc) is 3.09. The second-order valence-electron chi connectivity index (χ2n) is 4.84. The van der Waals surface area contributed by atoms with E-state index in [9.17, 15) is 0 Å². The maximum Gasteiger partial charge on any atom is 0.0469 e. The first-order valence-corrected chi connectivity index (χ1v) is 6.47. The highest BCUT2D eigenvalue weighted by Crippen LogP contribution is 2.18. The molecule has 0 bridgehead atoms. The topological polar surface area (TPSA) is 33.3 Å². The van der Waals surface area contributed by atoms with Gasteiger partial charge in [0.05, 0.1) is 0 Å². The Morgan fingerprint density at radius 1 is 1.00 bits per heavy atom. The van der Waals surface area contributed by atoms with Crippen molar-refractivity contribution in [2.75, 3.05) is 32.8 Å². The van der Waals surface area contributed by atoms with E-state index < -0.39 is 0 Å². The van der Waals surface area contributed by atoms with Crippen LogP contribution in [0.2, 0.25) is 0 Å². The van der Waals surface area contributed by atoms with E-state index >= 15 is 0 Å². The molecule has 1 aliphatic heterocycles. The van der Waals surface area contributed by atoms with Gasteiger partial charge in [0.25, 0.3) is 0 Å². The van der Waals surface area contributed by atoms with Crippen molar-refractivity contribution in [1.29, 1.82) is 0 Å². The standard InChI is InChI=1S/C12H24N2O/c1(7-14-12-2-3-12)6-13-10-11-4-8-15-9-5-11/h11-14H,1-10H2. The summed E-state index contributed by atoms with van der Waals surface area (Å²) in [7, 11) is 0. The van der Waals surface area contributed by atoms with Crippen molar-refractivity contribution in [2.45, 2.75) is 38.1 Å². The summed E-state index contributed by atoms with van der Waals surface area (Å²) in [5, 5.41) is 7.09. The normalized spacial score (nSPS) is 23.2. The van der Waals surface area contributed by atoms with Crippen LogP contribution < -0.4 is 10.6 Å². The largest absolute Gasteiger partial charge is 0.381 e. The molecule has 15 heavy (non-hydrogen) atoms. The summed E-state index contributed by atoms with van der Waals surface area (Å²) in [4.78, 5) is 0. The van der Waals surface area contributed by atoms with Gasteiger partial charge in [-0.1, -0.05) is 0 Å². The van der Waals surface area contributed by atoms with Gasteiger partial charge in [0.1, 0.15) is 0 Å². The summed E-state index contributed by atoms with van der Waals surface area (Å²) in [5.41, 5.74) is 0. The highest BCUT2D eigenvalue weighted by molar-refractivity contribution is 4.80. The Morgan fingerprint density at radius 2 is 1.80 bits per heavy atom. The second-order valence-corrected chi connectivity index (χ2v) is 4.84. The molecule has 2 N–H and O–H groups in total. The van der Waals surface area contributed by atoms with Crippen LogP contribution in [0.25, 0.3) is 0 Å². The van der Waals surface area contributed by atoms with Crippen molar-refractivity contribution < 1.29 is 4.74 Å². The van der Waals surface area contributed by atoms with Gasteiger partial charge in [-0.05, 0) is 57.7 Å². The minimum absolute atomic E-state index is 0.857. The van der Waals surface area contributed by atoms with Crippen molar-refractivity contribution in [3.63, 3.8) is 0 Å². The Morgan fingerprint density at radius 3 is 2.53 bits per heavy atom. The Kier molecular flexibility index (Phi) is 4.90. The maximum atomic E-state index is 5.34. The van der Waals surface area contributed by atoms with Gasteiger partial charge in [0.2, 0.25) is 0 Å². The smallest absolute Gasteiger partial charge is 0.0469 e. The van der Waals surface area contributed by atoms with Crippen LogP contribution in [0.5, 0.6) is 0 Å². The third-order valence-corrected chi connectivity index (χ3v) is 3.31. The first kappa shape index (κ1) is 11.4. The molecule has 3 nitrogen and oxygen atoms in total. The average molecular weight is 212 g/mol. The van der Waals surface area contributed by atoms with E-state index in [2.05, 4.69) is 10.6 Å². The molecule has 0 radical (unpaired) electrons. The van der Waals surface area contributed by atoms with Crippen molar-refractivity contribution in [2.24, 2.45) is 5.92 Å². The molecule has 0 aromatic carbocycles. The molecule has 0 aromatic heterocycles. The lowest BCUT2D eigenvalue weighted by Gasteiger charge is -2.22. The quantitative estimate of drug-likeness (QED) is 0.621. The van der Waals surface area contributed by atoms with E-state index in [1.165, 1.54) is 45.2 Å². The van der Waals surface area contributed by atoms with Crippen LogP contribution in [-0.4, -0.2) is 38.9 Å². The summed E-state index contributed by atoms with van der Waals surface area (Å²) in [5.74, 6) is 0.857. The third-order valence-electron chi connectivity index (χ3n) is 3.31. The van der Waals surface area contributed by atoms with Gasteiger partial charge < -0.3 is 15.4 Å². The van der Waals surface area contributed by atoms with Crippen LogP contribution in [-0.2, 0) is 4.74 Å². The van der Waals surface area contributed by atoms with E-state index in [4.69, 9.17) is 4.74 Å². The number of nitrogens with one attached hydrogen (secondary N) is 2. The van der Waals surface area contributed by atoms with E-state index in [1.54, 1.807) is 0 Å². The lowest BCUT2D eigenvalue weighted by atomic mass is 10.0. The monoisotopic (exact) mass is 212 g/mol. The summed E-state index contributed by atoms with van der Waals surface area (Å²) < 4.78 is 5.34. The molecule has 1 heterocycles. The predicted molar refractivity (Wildman–Crippen MR) is 62.1 cm³/mol. The van der Waals surface area contributed by atoms with Crippen LogP contribution in [0.15, 0.2) is 0 Å². The third kappa shape index (κ3) is 4.96. The van der Waals surface area contributed by atoms with Crippen LogP contribution >= 0.6 is 0 Å². The van der Waals surface area contributed by atoms with Crippen LogP contribution in [0.4, 0.5) is 0 Å². The van der Waals surface area contributed by atoms with Gasteiger partial charge in [-0.15, -0.1) is 0 Å². The molecule has 0 spiro atoms. The Hall–Kier alpha value is -0.120. The van der Waals surface area contributed by atoms with Gasteiger partial charge >= 0.3 is 0 Å². The fraction of sp³-hybridized carbons (Fsp3) is 1.00. The number of ether oxygens (including phenoxy) is 1. The van der Waals surface area contributed by atoms with Crippen LogP contribution in [0.1, 0.15) is 32.1 Å². The highest BCUT2D eigenvalue weighted by atomic mass is 16.5. The van der Waals surface area contributed by atoms with Crippen LogP contribution in [0.3, 0.4) is 0 Å². The molecule has 88 valence electrons. The zero-order valence-electron chi connectivity index (χ0n) is 9.63. The molecule has 2 aliphatic rings. The van der Waals surface area contributed by atoms with E-state index in [-0.39, 0.29) is 0 Å². The molecule has 0 unspecified atom stereocenters. The Bertz CT molecular complexity index is 165. The molecular formula is C12H24N2O. The van der Waals surface area contributed by atoms with E-state index in [0.29, 0.717) is 0 Å². The number of hydrogen-bond acceptors (Lipinski definition) is 3. The zero-order valence-corrected chi connectivity index (χ0v) is 9.63. The van der Waals surface area contributed by atoms with Gasteiger partial charge in [-0.3, -0.25) is 0 Å². The predicted octanol–water partition coefficient (Wildman–Crippen LogP) is 1.14. The van der Waals surface area contributed by atoms with Crippen molar-refractivity contribution in [1.82, 2.24) is 10.6 Å². The zero-order chi connectivity index (χ0) is 10.3. The fourth-order valence-corrected chi connectivity index (χ4v) is 2.06. The lowest BCUT2D eigenvalue weighted by Crippen LogP contribution is -2.30. The molecule has 1 saturated heterocycles. The van der Waals surface area contributed by atoms with Crippen LogP contribution in [0, 0.1) is 5.92 Å². The highest BCUT2D eigenvalue weighted by Gasteiger charge is 2.19. The molecule has 0 aromatic rings. The van der Waals surface area contributed by atoms with Gasteiger partial charge in [-0.25, -0.2) is 0 Å². The summed E-state index contributed by atoms with van der Waals surface area (Å²) >= 11 is 0. The van der Waals surface area contributed by atoms with Gasteiger partial charge in [0.15, 0.2) is 0 Å². The molecular weight excluding hydrogens is 188 g/mol. The number of rotatable bonds is 7. The minimum atomic E-state index is 0.857. The number of hydrogen-bond donors (Lipinski definition) is 2. The van der Waals surface area contributed by atoms with E-state index in [1.807, 2.05) is 0 Å². The Balaban J connectivity index is 1.37. The summed E-state index contributed by atoms with van der Waals surface area (Å²) in [6.45, 7) is 5.47. The molecule has 2 fully saturated rings. The lowest BCUT2D eigenvalue weighted by molar-refractivity contribution is 0.0663. The van der Waals surface area contributed by atoms with Crippen molar-refractivity contribution in [3.8, 4) is 0 Å². The summed E-state index contributed by atoms with van der Waals surface area (Å²) in [6, 6.07) is 0.862. The summed E-state index contributed by atoms with van der Waals surface area (Å²) in [6.07, 6.45) is 6.55. The molecule has 0 amide bonds. The molecule has 3 heteroatoms. The molecule has 2 rings (SSSR count).